The molecule has 2 rings (SSSR count). The monoisotopic (exact) mass is 286 g/mol. The molecule has 0 fully saturated rings. The fourth-order valence-electron chi connectivity index (χ4n) is 2.05. The highest BCUT2D eigenvalue weighted by molar-refractivity contribution is 6.05. The normalized spacial score (nSPS) is 10.2. The fraction of sp³-hybridized carbons (Fsp3) is 0.235. The van der Waals surface area contributed by atoms with Crippen molar-refractivity contribution in [2.45, 2.75) is 20.3 Å². The Morgan fingerprint density at radius 1 is 1.19 bits per heavy atom. The van der Waals surface area contributed by atoms with Gasteiger partial charge in [0.2, 0.25) is 0 Å². The lowest BCUT2D eigenvalue weighted by Gasteiger charge is -2.11. The Balaban J connectivity index is 2.14. The van der Waals surface area contributed by atoms with Crippen LogP contribution in [0.5, 0.6) is 0 Å². The Hall–Kier alpha value is -2.36. The number of carbonyl (C=O) groups is 1. The Kier molecular flexibility index (Phi) is 4.93. The Morgan fingerprint density at radius 3 is 2.62 bits per heavy atom. The Labute approximate surface area is 124 Å². The average Bonchev–Trinajstić information content (AvgIpc) is 2.47. The van der Waals surface area contributed by atoms with E-state index < -0.39 is 5.82 Å². The molecule has 0 saturated heterocycles. The summed E-state index contributed by atoms with van der Waals surface area (Å²) in [5.74, 6) is -0.746. The summed E-state index contributed by atoms with van der Waals surface area (Å²) in [6.07, 6.45) is 1.04. The van der Waals surface area contributed by atoms with Crippen molar-refractivity contribution in [2.24, 2.45) is 0 Å². The predicted molar refractivity (Wildman–Crippen MR) is 84.3 cm³/mol. The molecule has 2 N–H and O–H groups in total. The number of hydrogen-bond donors (Lipinski definition) is 2. The quantitative estimate of drug-likeness (QED) is 0.864. The molecule has 21 heavy (non-hydrogen) atoms. The van der Waals surface area contributed by atoms with Crippen molar-refractivity contribution in [3.63, 3.8) is 0 Å². The molecule has 0 spiro atoms. The minimum absolute atomic E-state index is 0.190. The molecule has 0 saturated carbocycles. The van der Waals surface area contributed by atoms with Crippen LogP contribution in [0.2, 0.25) is 0 Å². The van der Waals surface area contributed by atoms with Crippen LogP contribution in [0.25, 0.3) is 0 Å². The molecule has 0 radical (unpaired) electrons. The van der Waals surface area contributed by atoms with E-state index in [0.717, 1.165) is 24.2 Å². The number of rotatable bonds is 5. The molecule has 4 heteroatoms. The van der Waals surface area contributed by atoms with E-state index in [1.807, 2.05) is 19.1 Å². The minimum Gasteiger partial charge on any atom is -0.385 e. The lowest BCUT2D eigenvalue weighted by atomic mass is 10.1. The van der Waals surface area contributed by atoms with Crippen molar-refractivity contribution in [1.29, 1.82) is 0 Å². The van der Waals surface area contributed by atoms with Gasteiger partial charge in [-0.25, -0.2) is 4.39 Å². The third-order valence-electron chi connectivity index (χ3n) is 3.17. The maximum Gasteiger partial charge on any atom is 0.256 e. The number of hydrogen-bond acceptors (Lipinski definition) is 2. The molecule has 2 aromatic carbocycles. The van der Waals surface area contributed by atoms with E-state index in [0.29, 0.717) is 5.56 Å². The van der Waals surface area contributed by atoms with E-state index in [1.165, 1.54) is 6.07 Å². The molecule has 0 aliphatic carbocycles. The number of nitrogens with one attached hydrogen (secondary N) is 2. The standard InChI is InChI=1S/C17H19FN2O/c1-3-10-19-13-8-9-14(12(2)11-13)17(21)20-16-7-5-4-6-15(16)18/h4-9,11,19H,3,10H2,1-2H3,(H,20,21). The first-order valence-electron chi connectivity index (χ1n) is 7.02. The summed E-state index contributed by atoms with van der Waals surface area (Å²) >= 11 is 0. The first kappa shape index (κ1) is 15.0. The maximum atomic E-state index is 13.5. The lowest BCUT2D eigenvalue weighted by molar-refractivity contribution is 0.102. The van der Waals surface area contributed by atoms with Crippen molar-refractivity contribution in [3.8, 4) is 0 Å². The van der Waals surface area contributed by atoms with E-state index in [1.54, 1.807) is 24.3 Å². The van der Waals surface area contributed by atoms with Crippen LogP contribution in [0.4, 0.5) is 15.8 Å². The first-order chi connectivity index (χ1) is 10.1. The zero-order valence-electron chi connectivity index (χ0n) is 12.2. The molecule has 0 heterocycles. The van der Waals surface area contributed by atoms with Crippen LogP contribution < -0.4 is 10.6 Å². The van der Waals surface area contributed by atoms with Gasteiger partial charge in [-0.15, -0.1) is 0 Å². The number of halogens is 1. The highest BCUT2D eigenvalue weighted by atomic mass is 19.1. The summed E-state index contributed by atoms with van der Waals surface area (Å²) in [5, 5.41) is 5.86. The van der Waals surface area contributed by atoms with Gasteiger partial charge in [0.15, 0.2) is 0 Å². The van der Waals surface area contributed by atoms with Crippen LogP contribution in [0, 0.1) is 12.7 Å². The first-order valence-corrected chi connectivity index (χ1v) is 7.02. The van der Waals surface area contributed by atoms with Crippen molar-refractivity contribution in [1.82, 2.24) is 0 Å². The molecule has 3 nitrogen and oxygen atoms in total. The second-order valence-corrected chi connectivity index (χ2v) is 4.89. The lowest BCUT2D eigenvalue weighted by Crippen LogP contribution is -2.14. The van der Waals surface area contributed by atoms with Gasteiger partial charge < -0.3 is 10.6 Å². The van der Waals surface area contributed by atoms with Gasteiger partial charge in [0.25, 0.3) is 5.91 Å². The summed E-state index contributed by atoms with van der Waals surface area (Å²) in [7, 11) is 0. The van der Waals surface area contributed by atoms with Gasteiger partial charge in [-0.1, -0.05) is 19.1 Å². The Bertz CT molecular complexity index is 640. The number of para-hydroxylation sites is 1. The molecule has 0 unspecified atom stereocenters. The highest BCUT2D eigenvalue weighted by Crippen LogP contribution is 2.18. The average molecular weight is 286 g/mol. The molecule has 0 bridgehead atoms. The summed E-state index contributed by atoms with van der Waals surface area (Å²) in [6.45, 7) is 4.85. The van der Waals surface area contributed by atoms with E-state index in [4.69, 9.17) is 0 Å². The van der Waals surface area contributed by atoms with Gasteiger partial charge in [-0.3, -0.25) is 4.79 Å². The number of benzene rings is 2. The number of amides is 1. The van der Waals surface area contributed by atoms with E-state index in [9.17, 15) is 9.18 Å². The number of anilines is 2. The zero-order valence-corrected chi connectivity index (χ0v) is 12.2. The van der Waals surface area contributed by atoms with E-state index in [2.05, 4.69) is 17.6 Å². The summed E-state index contributed by atoms with van der Waals surface area (Å²) in [5.41, 5.74) is 2.57. The van der Waals surface area contributed by atoms with E-state index >= 15 is 0 Å². The fourth-order valence-corrected chi connectivity index (χ4v) is 2.05. The molecule has 0 atom stereocenters. The highest BCUT2D eigenvalue weighted by Gasteiger charge is 2.11. The van der Waals surface area contributed by atoms with Crippen LogP contribution in [0.3, 0.4) is 0 Å². The van der Waals surface area contributed by atoms with Gasteiger partial charge in [0, 0.05) is 17.8 Å². The van der Waals surface area contributed by atoms with Gasteiger partial charge in [0.1, 0.15) is 5.82 Å². The molecular weight excluding hydrogens is 267 g/mol. The zero-order chi connectivity index (χ0) is 15.2. The van der Waals surface area contributed by atoms with Gasteiger partial charge in [-0.2, -0.15) is 0 Å². The molecule has 0 aromatic heterocycles. The summed E-state index contributed by atoms with van der Waals surface area (Å²) in [6, 6.07) is 11.7. The summed E-state index contributed by atoms with van der Waals surface area (Å²) < 4.78 is 13.5. The SMILES string of the molecule is CCCNc1ccc(C(=O)Nc2ccccc2F)c(C)c1. The van der Waals surface area contributed by atoms with Gasteiger partial charge >= 0.3 is 0 Å². The van der Waals surface area contributed by atoms with Gasteiger partial charge in [-0.05, 0) is 49.2 Å². The second-order valence-electron chi connectivity index (χ2n) is 4.89. The maximum absolute atomic E-state index is 13.5. The van der Waals surface area contributed by atoms with Crippen molar-refractivity contribution in [2.75, 3.05) is 17.2 Å². The molecule has 2 aromatic rings. The summed E-state index contributed by atoms with van der Waals surface area (Å²) in [4.78, 5) is 12.2. The minimum atomic E-state index is -0.440. The van der Waals surface area contributed by atoms with E-state index in [-0.39, 0.29) is 11.6 Å². The molecule has 1 amide bonds. The molecule has 0 aliphatic rings. The van der Waals surface area contributed by atoms with Crippen molar-refractivity contribution < 1.29 is 9.18 Å². The largest absolute Gasteiger partial charge is 0.385 e. The molecular formula is C17H19FN2O. The second kappa shape index (κ2) is 6.88. The van der Waals surface area contributed by atoms with Crippen LogP contribution in [0.15, 0.2) is 42.5 Å². The van der Waals surface area contributed by atoms with Crippen LogP contribution in [-0.4, -0.2) is 12.5 Å². The van der Waals surface area contributed by atoms with Crippen LogP contribution in [0.1, 0.15) is 29.3 Å². The van der Waals surface area contributed by atoms with Crippen LogP contribution >= 0.6 is 0 Å². The smallest absolute Gasteiger partial charge is 0.256 e. The number of aryl methyl sites for hydroxylation is 1. The Morgan fingerprint density at radius 2 is 1.95 bits per heavy atom. The van der Waals surface area contributed by atoms with Gasteiger partial charge in [0.05, 0.1) is 5.69 Å². The van der Waals surface area contributed by atoms with Crippen molar-refractivity contribution in [3.05, 3.63) is 59.4 Å². The topological polar surface area (TPSA) is 41.1 Å². The predicted octanol–water partition coefficient (Wildman–Crippen LogP) is 4.21. The third kappa shape index (κ3) is 3.81. The number of carbonyl (C=O) groups excluding carboxylic acids is 1. The van der Waals surface area contributed by atoms with Crippen LogP contribution in [-0.2, 0) is 0 Å². The van der Waals surface area contributed by atoms with Crippen molar-refractivity contribution >= 4 is 17.3 Å². The third-order valence-corrected chi connectivity index (χ3v) is 3.17. The molecule has 0 aliphatic heterocycles. The molecule has 110 valence electrons.